The van der Waals surface area contributed by atoms with Crippen molar-refractivity contribution in [1.29, 1.82) is 0 Å². The standard InChI is InChI=1S/C26H23N3O2/c1-31-22-15-13-21(14-16-22)27-26(30)29-18-20-10-5-6-11-23(20)28-17-7-12-24(28)25(29)19-8-3-2-4-9-19/h2-17,25H,18H2,1H3,(H,27,30)/t25-/m0/s1. The van der Waals surface area contributed by atoms with Gasteiger partial charge in [0.25, 0.3) is 0 Å². The number of para-hydroxylation sites is 1. The third-order valence-corrected chi connectivity index (χ3v) is 5.68. The highest BCUT2D eigenvalue weighted by atomic mass is 16.5. The first-order valence-corrected chi connectivity index (χ1v) is 10.3. The van der Waals surface area contributed by atoms with Gasteiger partial charge < -0.3 is 19.5 Å². The molecule has 0 fully saturated rings. The van der Waals surface area contributed by atoms with E-state index < -0.39 is 0 Å². The predicted molar refractivity (Wildman–Crippen MR) is 122 cm³/mol. The van der Waals surface area contributed by atoms with Crippen LogP contribution in [0.2, 0.25) is 0 Å². The summed E-state index contributed by atoms with van der Waals surface area (Å²) in [6.45, 7) is 0.499. The zero-order valence-electron chi connectivity index (χ0n) is 17.2. The number of amides is 2. The number of urea groups is 1. The number of aromatic nitrogens is 1. The van der Waals surface area contributed by atoms with Crippen molar-refractivity contribution in [2.45, 2.75) is 12.6 Å². The molecule has 0 saturated carbocycles. The van der Waals surface area contributed by atoms with E-state index in [2.05, 4.69) is 46.4 Å². The van der Waals surface area contributed by atoms with Gasteiger partial charge in [-0.1, -0.05) is 48.5 Å². The molecule has 5 nitrogen and oxygen atoms in total. The monoisotopic (exact) mass is 409 g/mol. The zero-order valence-corrected chi connectivity index (χ0v) is 17.2. The summed E-state index contributed by atoms with van der Waals surface area (Å²) >= 11 is 0. The summed E-state index contributed by atoms with van der Waals surface area (Å²) in [5.74, 6) is 0.752. The summed E-state index contributed by atoms with van der Waals surface area (Å²) in [4.78, 5) is 15.5. The van der Waals surface area contributed by atoms with Crippen LogP contribution < -0.4 is 10.1 Å². The normalized spacial score (nSPS) is 14.9. The maximum atomic E-state index is 13.6. The van der Waals surface area contributed by atoms with Gasteiger partial charge in [0, 0.05) is 17.6 Å². The molecular formula is C26H23N3O2. The molecule has 31 heavy (non-hydrogen) atoms. The Balaban J connectivity index is 1.58. The molecule has 0 radical (unpaired) electrons. The molecular weight excluding hydrogens is 386 g/mol. The fourth-order valence-corrected chi connectivity index (χ4v) is 4.20. The molecule has 5 rings (SSSR count). The molecule has 4 aromatic rings. The van der Waals surface area contributed by atoms with E-state index in [0.717, 1.165) is 33.9 Å². The first-order chi connectivity index (χ1) is 15.2. The summed E-state index contributed by atoms with van der Waals surface area (Å²) in [7, 11) is 1.63. The van der Waals surface area contributed by atoms with Crippen LogP contribution in [0.5, 0.6) is 5.75 Å². The quantitative estimate of drug-likeness (QED) is 0.477. The van der Waals surface area contributed by atoms with Crippen LogP contribution in [0.25, 0.3) is 5.69 Å². The summed E-state index contributed by atoms with van der Waals surface area (Å²) in [5, 5.41) is 3.07. The Kier molecular flexibility index (Phi) is 4.92. The van der Waals surface area contributed by atoms with E-state index >= 15 is 0 Å². The van der Waals surface area contributed by atoms with E-state index in [1.807, 2.05) is 65.6 Å². The number of nitrogens with zero attached hydrogens (tertiary/aromatic N) is 2. The van der Waals surface area contributed by atoms with Gasteiger partial charge in [-0.3, -0.25) is 0 Å². The third kappa shape index (κ3) is 3.55. The number of anilines is 1. The number of nitrogens with one attached hydrogen (secondary N) is 1. The van der Waals surface area contributed by atoms with E-state index in [1.165, 1.54) is 0 Å². The van der Waals surface area contributed by atoms with Crippen LogP contribution >= 0.6 is 0 Å². The molecule has 0 bridgehead atoms. The van der Waals surface area contributed by atoms with Gasteiger partial charge in [-0.15, -0.1) is 0 Å². The zero-order chi connectivity index (χ0) is 21.2. The number of fused-ring (bicyclic) bond motifs is 3. The highest BCUT2D eigenvalue weighted by Crippen LogP contribution is 2.36. The van der Waals surface area contributed by atoms with E-state index in [9.17, 15) is 4.79 Å². The summed E-state index contributed by atoms with van der Waals surface area (Å²) < 4.78 is 7.41. The lowest BCUT2D eigenvalue weighted by molar-refractivity contribution is 0.194. The van der Waals surface area contributed by atoms with Gasteiger partial charge in [-0.2, -0.15) is 0 Å². The van der Waals surface area contributed by atoms with Crippen LogP contribution in [-0.2, 0) is 6.54 Å². The number of ether oxygens (including phenoxy) is 1. The molecule has 154 valence electrons. The van der Waals surface area contributed by atoms with Crippen LogP contribution in [-0.4, -0.2) is 22.6 Å². The molecule has 0 unspecified atom stereocenters. The second-order valence-corrected chi connectivity index (χ2v) is 7.53. The molecule has 5 heteroatoms. The average Bonchev–Trinajstić information content (AvgIpc) is 3.24. The lowest BCUT2D eigenvalue weighted by Gasteiger charge is -2.31. The first-order valence-electron chi connectivity index (χ1n) is 10.3. The molecule has 1 aromatic heterocycles. The van der Waals surface area contributed by atoms with Gasteiger partial charge in [0.2, 0.25) is 0 Å². The smallest absolute Gasteiger partial charge is 0.322 e. The Morgan fingerprint density at radius 1 is 0.903 bits per heavy atom. The van der Waals surface area contributed by atoms with Crippen molar-refractivity contribution in [1.82, 2.24) is 9.47 Å². The molecule has 0 saturated heterocycles. The molecule has 1 aliphatic heterocycles. The lowest BCUT2D eigenvalue weighted by Crippen LogP contribution is -2.37. The Labute approximate surface area is 181 Å². The van der Waals surface area contributed by atoms with E-state index in [-0.39, 0.29) is 12.1 Å². The van der Waals surface area contributed by atoms with Crippen LogP contribution in [0.1, 0.15) is 22.9 Å². The van der Waals surface area contributed by atoms with Crippen molar-refractivity contribution < 1.29 is 9.53 Å². The van der Waals surface area contributed by atoms with Gasteiger partial charge in [-0.25, -0.2) is 4.79 Å². The summed E-state index contributed by atoms with van der Waals surface area (Å²) in [6, 6.07) is 29.5. The molecule has 3 aromatic carbocycles. The summed E-state index contributed by atoms with van der Waals surface area (Å²) in [6.07, 6.45) is 2.06. The van der Waals surface area contributed by atoms with Gasteiger partial charge in [-0.05, 0) is 53.6 Å². The Morgan fingerprint density at radius 3 is 2.42 bits per heavy atom. The number of methoxy groups -OCH3 is 1. The highest BCUT2D eigenvalue weighted by Gasteiger charge is 2.32. The minimum atomic E-state index is -0.221. The molecule has 0 spiro atoms. The Bertz CT molecular complexity index is 1200. The molecule has 1 atom stereocenters. The third-order valence-electron chi connectivity index (χ3n) is 5.68. The van der Waals surface area contributed by atoms with Crippen molar-refractivity contribution in [3.05, 3.63) is 114 Å². The SMILES string of the molecule is COc1ccc(NC(=O)N2Cc3ccccc3-n3cccc3[C@@H]2c2ccccc2)cc1. The molecule has 1 N–H and O–H groups in total. The maximum absolute atomic E-state index is 13.6. The minimum absolute atomic E-state index is 0.150. The second kappa shape index (κ2) is 8.03. The minimum Gasteiger partial charge on any atom is -0.497 e. The highest BCUT2D eigenvalue weighted by molar-refractivity contribution is 5.90. The largest absolute Gasteiger partial charge is 0.497 e. The van der Waals surface area contributed by atoms with Gasteiger partial charge >= 0.3 is 6.03 Å². The molecule has 1 aliphatic rings. The van der Waals surface area contributed by atoms with Crippen LogP contribution in [0, 0.1) is 0 Å². The van der Waals surface area contributed by atoms with E-state index in [4.69, 9.17) is 4.74 Å². The predicted octanol–water partition coefficient (Wildman–Crippen LogP) is 5.62. The number of rotatable bonds is 3. The lowest BCUT2D eigenvalue weighted by atomic mass is 10.0. The number of hydrogen-bond donors (Lipinski definition) is 1. The number of hydrogen-bond acceptors (Lipinski definition) is 2. The topological polar surface area (TPSA) is 46.5 Å². The van der Waals surface area contributed by atoms with Gasteiger partial charge in [0.15, 0.2) is 0 Å². The fraction of sp³-hybridized carbons (Fsp3) is 0.115. The van der Waals surface area contributed by atoms with Crippen molar-refractivity contribution in [3.63, 3.8) is 0 Å². The number of carbonyl (C=O) groups is 1. The molecule has 2 amide bonds. The van der Waals surface area contributed by atoms with Crippen molar-refractivity contribution in [2.24, 2.45) is 0 Å². The van der Waals surface area contributed by atoms with E-state index in [0.29, 0.717) is 6.54 Å². The van der Waals surface area contributed by atoms with Gasteiger partial charge in [0.05, 0.1) is 25.4 Å². The van der Waals surface area contributed by atoms with Gasteiger partial charge in [0.1, 0.15) is 5.75 Å². The van der Waals surface area contributed by atoms with Crippen molar-refractivity contribution >= 4 is 11.7 Å². The van der Waals surface area contributed by atoms with E-state index in [1.54, 1.807) is 7.11 Å². The number of benzene rings is 3. The van der Waals surface area contributed by atoms with Crippen LogP contribution in [0.4, 0.5) is 10.5 Å². The molecule has 2 heterocycles. The Hall–Kier alpha value is -3.99. The second-order valence-electron chi connectivity index (χ2n) is 7.53. The van der Waals surface area contributed by atoms with Crippen molar-refractivity contribution in [2.75, 3.05) is 12.4 Å². The summed E-state index contributed by atoms with van der Waals surface area (Å²) in [5.41, 5.74) is 5.05. The first kappa shape index (κ1) is 19.0. The Morgan fingerprint density at radius 2 is 1.65 bits per heavy atom. The number of carbonyl (C=O) groups excluding carboxylic acids is 1. The average molecular weight is 409 g/mol. The van der Waals surface area contributed by atoms with Crippen LogP contribution in [0.3, 0.4) is 0 Å². The maximum Gasteiger partial charge on any atom is 0.322 e. The van der Waals surface area contributed by atoms with Crippen molar-refractivity contribution in [3.8, 4) is 11.4 Å². The van der Waals surface area contributed by atoms with Crippen LogP contribution in [0.15, 0.2) is 97.2 Å². The fourth-order valence-electron chi connectivity index (χ4n) is 4.20. The molecule has 0 aliphatic carbocycles.